The molecule has 1 aromatic heterocycles. The monoisotopic (exact) mass is 361 g/mol. The Balaban J connectivity index is 1.45. The molecule has 0 bridgehead atoms. The minimum absolute atomic E-state index is 0.0141. The molecule has 1 amide bonds. The van der Waals surface area contributed by atoms with Crippen LogP contribution in [0.3, 0.4) is 0 Å². The first kappa shape index (κ1) is 17.1. The van der Waals surface area contributed by atoms with Crippen LogP contribution in [-0.4, -0.2) is 27.5 Å². The van der Waals surface area contributed by atoms with E-state index in [0.29, 0.717) is 30.7 Å². The third-order valence-corrected chi connectivity index (χ3v) is 5.81. The molecule has 0 spiro atoms. The van der Waals surface area contributed by atoms with Crippen LogP contribution in [0.25, 0.3) is 0 Å². The van der Waals surface area contributed by atoms with Crippen molar-refractivity contribution in [2.75, 3.05) is 6.54 Å². The van der Waals surface area contributed by atoms with Gasteiger partial charge in [0, 0.05) is 25.5 Å². The lowest BCUT2D eigenvalue weighted by atomic mass is 9.67. The van der Waals surface area contributed by atoms with Crippen molar-refractivity contribution in [3.05, 3.63) is 47.2 Å². The zero-order chi connectivity index (χ0) is 18.3. The number of amides is 1. The van der Waals surface area contributed by atoms with Crippen LogP contribution in [0.1, 0.15) is 49.4 Å². The number of aryl methyl sites for hydroxylation is 1. The minimum Gasteiger partial charge on any atom is -0.423 e. The number of hydrogen-bond donors (Lipinski definition) is 0. The van der Waals surface area contributed by atoms with E-state index in [4.69, 9.17) is 4.42 Å². The van der Waals surface area contributed by atoms with Gasteiger partial charge in [0.25, 0.3) is 0 Å². The highest BCUT2D eigenvalue weighted by Crippen LogP contribution is 2.56. The van der Waals surface area contributed by atoms with E-state index in [0.717, 1.165) is 19.3 Å². The van der Waals surface area contributed by atoms with E-state index >= 15 is 0 Å². The first-order chi connectivity index (χ1) is 12.5. The molecule has 2 aliphatic rings. The summed E-state index contributed by atoms with van der Waals surface area (Å²) in [6.45, 7) is 2.41. The van der Waals surface area contributed by atoms with Crippen LogP contribution < -0.4 is 0 Å². The van der Waals surface area contributed by atoms with Gasteiger partial charge in [0.15, 0.2) is 0 Å². The predicted octanol–water partition coefficient (Wildman–Crippen LogP) is 3.52. The summed E-state index contributed by atoms with van der Waals surface area (Å²) in [5, 5.41) is 8.10. The largest absolute Gasteiger partial charge is 0.423 e. The van der Waals surface area contributed by atoms with Crippen LogP contribution in [0.15, 0.2) is 22.6 Å². The zero-order valence-electron chi connectivity index (χ0n) is 14.7. The van der Waals surface area contributed by atoms with Crippen molar-refractivity contribution in [3.8, 4) is 0 Å². The van der Waals surface area contributed by atoms with E-state index in [-0.39, 0.29) is 24.3 Å². The molecule has 1 saturated heterocycles. The van der Waals surface area contributed by atoms with E-state index < -0.39 is 17.2 Å². The maximum absolute atomic E-state index is 13.7. The Bertz CT molecular complexity index is 818. The van der Waals surface area contributed by atoms with E-state index in [9.17, 15) is 13.6 Å². The van der Waals surface area contributed by atoms with Gasteiger partial charge in [-0.15, -0.1) is 10.2 Å². The van der Waals surface area contributed by atoms with Crippen LogP contribution in [0.4, 0.5) is 8.78 Å². The summed E-state index contributed by atoms with van der Waals surface area (Å²) in [6.07, 6.45) is 3.65. The minimum atomic E-state index is -0.560. The van der Waals surface area contributed by atoms with Gasteiger partial charge in [0.2, 0.25) is 17.7 Å². The molecule has 4 rings (SSSR count). The normalized spacial score (nSPS) is 24.4. The molecular weight excluding hydrogens is 340 g/mol. The molecule has 0 N–H and O–H groups in total. The van der Waals surface area contributed by atoms with Gasteiger partial charge in [-0.1, -0.05) is 6.07 Å². The van der Waals surface area contributed by atoms with Gasteiger partial charge in [-0.2, -0.15) is 0 Å². The van der Waals surface area contributed by atoms with Crippen LogP contribution in [0.5, 0.6) is 0 Å². The molecule has 2 aromatic rings. The van der Waals surface area contributed by atoms with Gasteiger partial charge < -0.3 is 9.32 Å². The van der Waals surface area contributed by atoms with Crippen molar-refractivity contribution in [2.24, 2.45) is 5.92 Å². The number of rotatable bonds is 5. The number of fused-ring (bicyclic) bond motifs is 1. The summed E-state index contributed by atoms with van der Waals surface area (Å²) < 4.78 is 33.1. The average molecular weight is 361 g/mol. The van der Waals surface area contributed by atoms with Gasteiger partial charge in [0.05, 0.1) is 0 Å². The molecule has 1 saturated carbocycles. The van der Waals surface area contributed by atoms with Gasteiger partial charge in [0.1, 0.15) is 17.2 Å². The van der Waals surface area contributed by atoms with Crippen LogP contribution in [0.2, 0.25) is 0 Å². The maximum atomic E-state index is 13.7. The second-order valence-electron chi connectivity index (χ2n) is 7.17. The third-order valence-electron chi connectivity index (χ3n) is 5.81. The maximum Gasteiger partial charge on any atom is 0.242 e. The third kappa shape index (κ3) is 2.61. The fourth-order valence-electron chi connectivity index (χ4n) is 4.38. The Morgan fingerprint density at radius 1 is 1.31 bits per heavy atom. The smallest absolute Gasteiger partial charge is 0.242 e. The van der Waals surface area contributed by atoms with Crippen molar-refractivity contribution < 1.29 is 18.0 Å². The average Bonchev–Trinajstić information content (AvgIpc) is 3.12. The number of aromatic nitrogens is 2. The standard InChI is InChI=1S/C19H21F2N3O2/c1-12-22-23-18(26-12)19-10-8-13(19)9-11-24(19)17(25)7-2-4-14-15(20)5-3-6-16(14)21/h3,5-6,13H,2,4,7-11H2,1H3/t13-,19-/m0/s1. The van der Waals surface area contributed by atoms with Crippen molar-refractivity contribution in [1.82, 2.24) is 15.1 Å². The van der Waals surface area contributed by atoms with Gasteiger partial charge in [-0.05, 0) is 50.2 Å². The first-order valence-electron chi connectivity index (χ1n) is 9.06. The van der Waals surface area contributed by atoms with Crippen molar-refractivity contribution >= 4 is 5.91 Å². The SMILES string of the molecule is Cc1nnc([C@]23CC[C@H]2CCN3C(=O)CCCc2c(F)cccc2F)o1. The Morgan fingerprint density at radius 2 is 2.08 bits per heavy atom. The summed E-state index contributed by atoms with van der Waals surface area (Å²) in [5.41, 5.74) is -0.424. The van der Waals surface area contributed by atoms with Crippen LogP contribution in [0, 0.1) is 24.5 Å². The van der Waals surface area contributed by atoms with Gasteiger partial charge >= 0.3 is 0 Å². The van der Waals surface area contributed by atoms with E-state index in [1.165, 1.54) is 18.2 Å². The van der Waals surface area contributed by atoms with E-state index in [1.807, 2.05) is 4.90 Å². The first-order valence-corrected chi connectivity index (χ1v) is 9.06. The molecule has 0 unspecified atom stereocenters. The van der Waals surface area contributed by atoms with E-state index in [1.54, 1.807) is 6.92 Å². The Hall–Kier alpha value is -2.31. The second-order valence-corrected chi connectivity index (χ2v) is 7.17. The van der Waals surface area contributed by atoms with Gasteiger partial charge in [-0.3, -0.25) is 4.79 Å². The fourth-order valence-corrected chi connectivity index (χ4v) is 4.38. The van der Waals surface area contributed by atoms with Gasteiger partial charge in [-0.25, -0.2) is 8.78 Å². The van der Waals surface area contributed by atoms with Crippen molar-refractivity contribution in [1.29, 1.82) is 0 Å². The molecular formula is C19H21F2N3O2. The highest BCUT2D eigenvalue weighted by atomic mass is 19.1. The molecule has 2 heterocycles. The summed E-state index contributed by atoms with van der Waals surface area (Å²) >= 11 is 0. The van der Waals surface area contributed by atoms with Crippen LogP contribution in [-0.2, 0) is 16.8 Å². The lowest BCUT2D eigenvalue weighted by molar-refractivity contribution is -0.142. The molecule has 1 aliphatic heterocycles. The van der Waals surface area contributed by atoms with Crippen molar-refractivity contribution in [3.63, 3.8) is 0 Å². The molecule has 138 valence electrons. The molecule has 1 aromatic carbocycles. The molecule has 26 heavy (non-hydrogen) atoms. The molecule has 2 atom stereocenters. The highest BCUT2D eigenvalue weighted by Gasteiger charge is 2.60. The highest BCUT2D eigenvalue weighted by molar-refractivity contribution is 5.78. The van der Waals surface area contributed by atoms with E-state index in [2.05, 4.69) is 10.2 Å². The topological polar surface area (TPSA) is 59.2 Å². The second kappa shape index (κ2) is 6.45. The quantitative estimate of drug-likeness (QED) is 0.818. The predicted molar refractivity (Wildman–Crippen MR) is 89.1 cm³/mol. The lowest BCUT2D eigenvalue weighted by Gasteiger charge is -2.47. The van der Waals surface area contributed by atoms with Crippen LogP contribution >= 0.6 is 0 Å². The number of nitrogens with zero attached hydrogens (tertiary/aromatic N) is 3. The molecule has 0 radical (unpaired) electrons. The fraction of sp³-hybridized carbons (Fsp3) is 0.526. The number of carbonyl (C=O) groups excluding carboxylic acids is 1. The lowest BCUT2D eigenvalue weighted by Crippen LogP contribution is -2.53. The zero-order valence-corrected chi connectivity index (χ0v) is 14.7. The molecule has 7 heteroatoms. The number of benzene rings is 1. The molecule has 5 nitrogen and oxygen atoms in total. The number of halogens is 2. The van der Waals surface area contributed by atoms with Crippen molar-refractivity contribution in [2.45, 2.75) is 51.0 Å². The molecule has 2 fully saturated rings. The Morgan fingerprint density at radius 3 is 2.69 bits per heavy atom. The Kier molecular flexibility index (Phi) is 4.25. The summed E-state index contributed by atoms with van der Waals surface area (Å²) in [4.78, 5) is 14.7. The number of carbonyl (C=O) groups is 1. The Labute approximate surface area is 150 Å². The summed E-state index contributed by atoms with van der Waals surface area (Å²) in [6, 6.07) is 3.83. The summed E-state index contributed by atoms with van der Waals surface area (Å²) in [5.74, 6) is 0.243. The summed E-state index contributed by atoms with van der Waals surface area (Å²) in [7, 11) is 0. The number of hydrogen-bond acceptors (Lipinski definition) is 4. The number of likely N-dealkylation sites (tertiary alicyclic amines) is 1. The molecule has 1 aliphatic carbocycles.